The highest BCUT2D eigenvalue weighted by atomic mass is 32.2. The van der Waals surface area contributed by atoms with Gasteiger partial charge in [-0.25, -0.2) is 4.79 Å². The highest BCUT2D eigenvalue weighted by molar-refractivity contribution is 8.00. The van der Waals surface area contributed by atoms with Crippen molar-refractivity contribution in [1.82, 2.24) is 5.16 Å². The summed E-state index contributed by atoms with van der Waals surface area (Å²) in [6.45, 7) is 0. The molecule has 1 fully saturated rings. The summed E-state index contributed by atoms with van der Waals surface area (Å²) in [5.74, 6) is 1.49. The standard InChI is InChI=1S/C13H11NO4S/c15-13(16)12-5-11(14-18-12)8-2-1-3-9(4-8)17-10-6-19-7-10/h1-5,10H,6-7H2,(H,15,16). The van der Waals surface area contributed by atoms with Gasteiger partial charge in [-0.2, -0.15) is 11.8 Å². The first-order valence-electron chi connectivity index (χ1n) is 5.77. The maximum atomic E-state index is 10.7. The van der Waals surface area contributed by atoms with Crippen LogP contribution in [-0.2, 0) is 0 Å². The van der Waals surface area contributed by atoms with Crippen molar-refractivity contribution in [3.05, 3.63) is 36.1 Å². The van der Waals surface area contributed by atoms with E-state index in [2.05, 4.69) is 5.16 Å². The van der Waals surface area contributed by atoms with E-state index in [1.165, 1.54) is 6.07 Å². The first-order chi connectivity index (χ1) is 9.22. The molecule has 0 bridgehead atoms. The average molecular weight is 277 g/mol. The average Bonchev–Trinajstić information content (AvgIpc) is 2.84. The van der Waals surface area contributed by atoms with Crippen molar-refractivity contribution in [3.63, 3.8) is 0 Å². The zero-order chi connectivity index (χ0) is 13.2. The zero-order valence-corrected chi connectivity index (χ0v) is 10.7. The van der Waals surface area contributed by atoms with E-state index >= 15 is 0 Å². The highest BCUT2D eigenvalue weighted by Crippen LogP contribution is 2.27. The summed E-state index contributed by atoms with van der Waals surface area (Å²) >= 11 is 1.85. The summed E-state index contributed by atoms with van der Waals surface area (Å²) in [4.78, 5) is 10.7. The van der Waals surface area contributed by atoms with Crippen LogP contribution in [0.1, 0.15) is 10.6 Å². The molecule has 0 atom stereocenters. The molecule has 1 aromatic carbocycles. The lowest BCUT2D eigenvalue weighted by molar-refractivity contribution is 0.0652. The number of benzene rings is 1. The Morgan fingerprint density at radius 1 is 1.42 bits per heavy atom. The van der Waals surface area contributed by atoms with Crippen molar-refractivity contribution >= 4 is 17.7 Å². The van der Waals surface area contributed by atoms with E-state index in [4.69, 9.17) is 14.4 Å². The summed E-state index contributed by atoms with van der Waals surface area (Å²) in [5.41, 5.74) is 1.27. The molecule has 0 amide bonds. The minimum absolute atomic E-state index is 0.170. The highest BCUT2D eigenvalue weighted by Gasteiger charge is 2.20. The van der Waals surface area contributed by atoms with Crippen molar-refractivity contribution in [1.29, 1.82) is 0 Å². The van der Waals surface area contributed by atoms with Gasteiger partial charge >= 0.3 is 5.97 Å². The Morgan fingerprint density at radius 2 is 2.26 bits per heavy atom. The summed E-state index contributed by atoms with van der Waals surface area (Å²) in [7, 11) is 0. The largest absolute Gasteiger partial charge is 0.489 e. The number of ether oxygens (including phenoxy) is 1. The van der Waals surface area contributed by atoms with E-state index in [-0.39, 0.29) is 11.9 Å². The number of thioether (sulfide) groups is 1. The number of nitrogens with zero attached hydrogens (tertiary/aromatic N) is 1. The van der Waals surface area contributed by atoms with Crippen LogP contribution in [0.3, 0.4) is 0 Å². The molecule has 1 aromatic heterocycles. The number of aromatic nitrogens is 1. The van der Waals surface area contributed by atoms with Gasteiger partial charge in [0.05, 0.1) is 0 Å². The fraction of sp³-hybridized carbons (Fsp3) is 0.231. The van der Waals surface area contributed by atoms with Crippen LogP contribution >= 0.6 is 11.8 Å². The lowest BCUT2D eigenvalue weighted by atomic mass is 10.1. The van der Waals surface area contributed by atoms with E-state index in [9.17, 15) is 4.79 Å². The van der Waals surface area contributed by atoms with Crippen LogP contribution in [0.15, 0.2) is 34.9 Å². The molecule has 5 nitrogen and oxygen atoms in total. The van der Waals surface area contributed by atoms with Gasteiger partial charge in [0.2, 0.25) is 5.76 Å². The second kappa shape index (κ2) is 4.97. The molecule has 98 valence electrons. The molecule has 6 heteroatoms. The van der Waals surface area contributed by atoms with Gasteiger partial charge in [0.15, 0.2) is 0 Å². The second-order valence-corrected chi connectivity index (χ2v) is 5.26. The summed E-state index contributed by atoms with van der Waals surface area (Å²) < 4.78 is 10.5. The molecule has 0 spiro atoms. The molecule has 0 saturated carbocycles. The van der Waals surface area contributed by atoms with Crippen LogP contribution in [0.25, 0.3) is 11.3 Å². The normalized spacial score (nSPS) is 14.9. The van der Waals surface area contributed by atoms with Gasteiger partial charge in [-0.3, -0.25) is 0 Å². The second-order valence-electron chi connectivity index (χ2n) is 4.19. The number of carboxylic acid groups (broad SMARTS) is 1. The Balaban J connectivity index is 1.82. The van der Waals surface area contributed by atoms with Gasteiger partial charge in [-0.1, -0.05) is 17.3 Å². The molecule has 2 heterocycles. The molecular weight excluding hydrogens is 266 g/mol. The summed E-state index contributed by atoms with van der Waals surface area (Å²) in [6, 6.07) is 8.81. The molecular formula is C13H11NO4S. The summed E-state index contributed by atoms with van der Waals surface area (Å²) in [5, 5.41) is 12.5. The third-order valence-corrected chi connectivity index (χ3v) is 3.98. The fourth-order valence-electron chi connectivity index (χ4n) is 1.72. The molecule has 1 N–H and O–H groups in total. The Labute approximate surface area is 113 Å². The van der Waals surface area contributed by atoms with Crippen LogP contribution in [0.2, 0.25) is 0 Å². The smallest absolute Gasteiger partial charge is 0.374 e. The molecule has 0 aliphatic carbocycles. The number of hydrogen-bond acceptors (Lipinski definition) is 5. The first kappa shape index (κ1) is 12.1. The van der Waals surface area contributed by atoms with Crippen molar-refractivity contribution in [3.8, 4) is 17.0 Å². The molecule has 2 aromatic rings. The third-order valence-electron chi connectivity index (χ3n) is 2.76. The third kappa shape index (κ3) is 2.58. The summed E-state index contributed by atoms with van der Waals surface area (Å²) in [6.07, 6.45) is 0.270. The van der Waals surface area contributed by atoms with Crippen LogP contribution in [-0.4, -0.2) is 33.8 Å². The zero-order valence-electron chi connectivity index (χ0n) is 9.91. The van der Waals surface area contributed by atoms with Crippen LogP contribution in [0.5, 0.6) is 5.75 Å². The van der Waals surface area contributed by atoms with E-state index in [1.807, 2.05) is 36.0 Å². The van der Waals surface area contributed by atoms with Gasteiger partial charge in [0.25, 0.3) is 0 Å². The molecule has 0 unspecified atom stereocenters. The number of rotatable bonds is 4. The predicted octanol–water partition coefficient (Wildman–Crippen LogP) is 2.53. The minimum Gasteiger partial charge on any atom is -0.489 e. The minimum atomic E-state index is -1.13. The SMILES string of the molecule is O=C(O)c1cc(-c2cccc(OC3CSC3)c2)no1. The van der Waals surface area contributed by atoms with Crippen molar-refractivity contribution in [2.75, 3.05) is 11.5 Å². The maximum Gasteiger partial charge on any atom is 0.374 e. The first-order valence-corrected chi connectivity index (χ1v) is 6.93. The Hall–Kier alpha value is -1.95. The van der Waals surface area contributed by atoms with E-state index in [0.29, 0.717) is 5.69 Å². The molecule has 3 rings (SSSR count). The van der Waals surface area contributed by atoms with E-state index in [0.717, 1.165) is 22.8 Å². The molecule has 1 aliphatic rings. The lowest BCUT2D eigenvalue weighted by Crippen LogP contribution is -2.30. The Morgan fingerprint density at radius 3 is 2.89 bits per heavy atom. The van der Waals surface area contributed by atoms with Crippen molar-refractivity contribution < 1.29 is 19.2 Å². The van der Waals surface area contributed by atoms with Crippen LogP contribution < -0.4 is 4.74 Å². The number of carbonyl (C=O) groups is 1. The van der Waals surface area contributed by atoms with Crippen molar-refractivity contribution in [2.45, 2.75) is 6.10 Å². The number of carboxylic acids is 1. The Bertz CT molecular complexity index is 606. The molecule has 0 radical (unpaired) electrons. The number of hydrogen-bond donors (Lipinski definition) is 1. The maximum absolute atomic E-state index is 10.7. The Kier molecular flexibility index (Phi) is 3.16. The van der Waals surface area contributed by atoms with E-state index in [1.54, 1.807) is 0 Å². The quantitative estimate of drug-likeness (QED) is 0.925. The van der Waals surface area contributed by atoms with Gasteiger partial charge in [-0.05, 0) is 12.1 Å². The molecule has 19 heavy (non-hydrogen) atoms. The number of aromatic carboxylic acids is 1. The van der Waals surface area contributed by atoms with Gasteiger partial charge in [-0.15, -0.1) is 0 Å². The van der Waals surface area contributed by atoms with E-state index < -0.39 is 5.97 Å². The predicted molar refractivity (Wildman–Crippen MR) is 70.6 cm³/mol. The van der Waals surface area contributed by atoms with Gasteiger partial charge < -0.3 is 14.4 Å². The monoisotopic (exact) mass is 277 g/mol. The van der Waals surface area contributed by atoms with Crippen LogP contribution in [0, 0.1) is 0 Å². The van der Waals surface area contributed by atoms with Crippen LogP contribution in [0.4, 0.5) is 0 Å². The van der Waals surface area contributed by atoms with Gasteiger partial charge in [0.1, 0.15) is 17.5 Å². The molecule has 1 aliphatic heterocycles. The fourth-order valence-corrected chi connectivity index (χ4v) is 2.28. The lowest BCUT2D eigenvalue weighted by Gasteiger charge is -2.25. The van der Waals surface area contributed by atoms with Gasteiger partial charge in [0, 0.05) is 23.1 Å². The topological polar surface area (TPSA) is 72.6 Å². The molecule has 1 saturated heterocycles. The van der Waals surface area contributed by atoms with Crippen molar-refractivity contribution in [2.24, 2.45) is 0 Å².